The molecule has 0 radical (unpaired) electrons. The summed E-state index contributed by atoms with van der Waals surface area (Å²) in [7, 11) is 0. The SMILES string of the molecule is CCOC(=O)N1N=C(CCC(C)C)C[C@]1(O)C(F)(F)F. The molecule has 0 saturated carbocycles. The lowest BCUT2D eigenvalue weighted by atomic mass is 10.00. The second kappa shape index (κ2) is 5.99. The molecule has 1 aliphatic rings. The van der Waals surface area contributed by atoms with E-state index in [4.69, 9.17) is 0 Å². The number of alkyl halides is 3. The van der Waals surface area contributed by atoms with Gasteiger partial charge in [0.05, 0.1) is 6.61 Å². The molecular weight excluding hydrogens is 277 g/mol. The van der Waals surface area contributed by atoms with Crippen LogP contribution in [0.15, 0.2) is 5.10 Å². The third-order valence-corrected chi connectivity index (χ3v) is 2.95. The Bertz CT molecular complexity index is 396. The zero-order valence-electron chi connectivity index (χ0n) is 11.7. The molecule has 0 aromatic heterocycles. The number of hydrogen-bond acceptors (Lipinski definition) is 4. The molecule has 1 amide bonds. The summed E-state index contributed by atoms with van der Waals surface area (Å²) in [5.41, 5.74) is -3.17. The van der Waals surface area contributed by atoms with E-state index in [-0.39, 0.29) is 23.2 Å². The maximum atomic E-state index is 13.0. The Labute approximate surface area is 115 Å². The van der Waals surface area contributed by atoms with Crippen LogP contribution in [-0.4, -0.2) is 40.4 Å². The summed E-state index contributed by atoms with van der Waals surface area (Å²) in [5.74, 6) is 0.285. The zero-order chi connectivity index (χ0) is 15.6. The van der Waals surface area contributed by atoms with Crippen LogP contribution < -0.4 is 0 Å². The summed E-state index contributed by atoms with van der Waals surface area (Å²) in [5, 5.41) is 13.4. The highest BCUT2D eigenvalue weighted by molar-refractivity contribution is 5.89. The molecule has 0 fully saturated rings. The van der Waals surface area contributed by atoms with Crippen LogP contribution in [0.3, 0.4) is 0 Å². The van der Waals surface area contributed by atoms with E-state index in [1.807, 2.05) is 13.8 Å². The lowest BCUT2D eigenvalue weighted by molar-refractivity contribution is -0.299. The number of rotatable bonds is 4. The van der Waals surface area contributed by atoms with Crippen LogP contribution in [0.2, 0.25) is 0 Å². The number of halogens is 3. The van der Waals surface area contributed by atoms with Gasteiger partial charge in [0, 0.05) is 12.1 Å². The minimum absolute atomic E-state index is 0.00611. The third kappa shape index (κ3) is 3.41. The van der Waals surface area contributed by atoms with E-state index in [1.165, 1.54) is 6.92 Å². The minimum atomic E-state index is -5.00. The van der Waals surface area contributed by atoms with Crippen LogP contribution in [0.1, 0.15) is 40.0 Å². The number of carbonyl (C=O) groups excluding carboxylic acids is 1. The van der Waals surface area contributed by atoms with Gasteiger partial charge in [0.1, 0.15) is 0 Å². The maximum absolute atomic E-state index is 13.0. The van der Waals surface area contributed by atoms with E-state index in [0.717, 1.165) is 0 Å². The largest absolute Gasteiger partial charge is 0.448 e. The molecule has 0 saturated heterocycles. The monoisotopic (exact) mass is 296 g/mol. The number of amides is 1. The fraction of sp³-hybridized carbons (Fsp3) is 0.833. The van der Waals surface area contributed by atoms with Crippen LogP contribution in [0.4, 0.5) is 18.0 Å². The summed E-state index contributed by atoms with van der Waals surface area (Å²) < 4.78 is 43.5. The Morgan fingerprint density at radius 2 is 2.15 bits per heavy atom. The molecule has 0 unspecified atom stereocenters. The minimum Gasteiger partial charge on any atom is -0.448 e. The molecule has 1 rings (SSSR count). The molecule has 1 heterocycles. The van der Waals surface area contributed by atoms with Crippen molar-refractivity contribution in [3.63, 3.8) is 0 Å². The first-order valence-electron chi connectivity index (χ1n) is 6.44. The summed E-state index contributed by atoms with van der Waals surface area (Å²) >= 11 is 0. The second-order valence-electron chi connectivity index (χ2n) is 5.10. The summed E-state index contributed by atoms with van der Waals surface area (Å²) in [4.78, 5) is 11.5. The number of ether oxygens (including phenoxy) is 1. The number of nitrogens with zero attached hydrogens (tertiary/aromatic N) is 2. The van der Waals surface area contributed by atoms with Gasteiger partial charge in [-0.1, -0.05) is 13.8 Å². The first-order valence-corrected chi connectivity index (χ1v) is 6.44. The molecule has 20 heavy (non-hydrogen) atoms. The van der Waals surface area contributed by atoms with E-state index >= 15 is 0 Å². The molecule has 1 aliphatic heterocycles. The van der Waals surface area contributed by atoms with Gasteiger partial charge in [-0.2, -0.15) is 23.3 Å². The van der Waals surface area contributed by atoms with Crippen LogP contribution in [0.5, 0.6) is 0 Å². The zero-order valence-corrected chi connectivity index (χ0v) is 11.7. The predicted molar refractivity (Wildman–Crippen MR) is 66.0 cm³/mol. The second-order valence-corrected chi connectivity index (χ2v) is 5.10. The molecule has 1 atom stereocenters. The summed E-state index contributed by atoms with van der Waals surface area (Å²) in [6, 6.07) is 0. The Hall–Kier alpha value is -1.31. The van der Waals surface area contributed by atoms with Gasteiger partial charge >= 0.3 is 12.3 Å². The predicted octanol–water partition coefficient (Wildman–Crippen LogP) is 2.89. The van der Waals surface area contributed by atoms with Crippen molar-refractivity contribution in [1.82, 2.24) is 5.01 Å². The van der Waals surface area contributed by atoms with Gasteiger partial charge < -0.3 is 9.84 Å². The Kier molecular flexibility index (Phi) is 5.01. The standard InChI is InChI=1S/C12H19F3N2O3/c1-4-20-10(18)17-11(19,12(13,14)15)7-9(16-17)6-5-8(2)3/h8,19H,4-7H2,1-3H3/t11-/m0/s1. The topological polar surface area (TPSA) is 62.1 Å². The fourth-order valence-corrected chi connectivity index (χ4v) is 1.81. The average molecular weight is 296 g/mol. The molecule has 5 nitrogen and oxygen atoms in total. The van der Waals surface area contributed by atoms with Crippen molar-refractivity contribution in [3.8, 4) is 0 Å². The van der Waals surface area contributed by atoms with Gasteiger partial charge in [-0.3, -0.25) is 0 Å². The Balaban J connectivity index is 2.95. The molecular formula is C12H19F3N2O3. The molecule has 0 spiro atoms. The first kappa shape index (κ1) is 16.7. The highest BCUT2D eigenvalue weighted by Gasteiger charge is 2.63. The summed E-state index contributed by atoms with van der Waals surface area (Å²) in [6.45, 7) is 5.22. The molecule has 1 N–H and O–H groups in total. The van der Waals surface area contributed by atoms with Gasteiger partial charge in [-0.05, 0) is 25.7 Å². The van der Waals surface area contributed by atoms with Gasteiger partial charge in [0.2, 0.25) is 0 Å². The lowest BCUT2D eigenvalue weighted by Crippen LogP contribution is -2.56. The third-order valence-electron chi connectivity index (χ3n) is 2.95. The van der Waals surface area contributed by atoms with Crippen molar-refractivity contribution in [2.75, 3.05) is 6.61 Å². The average Bonchev–Trinajstić information content (AvgIpc) is 2.65. The van der Waals surface area contributed by atoms with Crippen molar-refractivity contribution in [2.45, 2.75) is 51.9 Å². The number of hydrazone groups is 1. The fourth-order valence-electron chi connectivity index (χ4n) is 1.81. The van der Waals surface area contributed by atoms with E-state index in [9.17, 15) is 23.1 Å². The molecule has 0 bridgehead atoms. The maximum Gasteiger partial charge on any atom is 0.439 e. The highest BCUT2D eigenvalue weighted by atomic mass is 19.4. The van der Waals surface area contributed by atoms with Gasteiger partial charge in [0.25, 0.3) is 5.72 Å². The van der Waals surface area contributed by atoms with Crippen molar-refractivity contribution in [3.05, 3.63) is 0 Å². The van der Waals surface area contributed by atoms with E-state index in [2.05, 4.69) is 9.84 Å². The van der Waals surface area contributed by atoms with E-state index in [0.29, 0.717) is 12.8 Å². The van der Waals surface area contributed by atoms with Crippen LogP contribution in [0, 0.1) is 5.92 Å². The highest BCUT2D eigenvalue weighted by Crippen LogP contribution is 2.41. The Morgan fingerprint density at radius 3 is 2.60 bits per heavy atom. The molecule has 0 aliphatic carbocycles. The van der Waals surface area contributed by atoms with E-state index < -0.39 is 24.4 Å². The molecule has 0 aromatic rings. The first-order chi connectivity index (χ1) is 9.11. The normalized spacial score (nSPS) is 23.2. The van der Waals surface area contributed by atoms with Crippen molar-refractivity contribution >= 4 is 11.8 Å². The summed E-state index contributed by atoms with van der Waals surface area (Å²) in [6.07, 6.45) is -6.10. The van der Waals surface area contributed by atoms with Gasteiger partial charge in [-0.15, -0.1) is 0 Å². The quantitative estimate of drug-likeness (QED) is 0.867. The van der Waals surface area contributed by atoms with Crippen molar-refractivity contribution < 1.29 is 27.8 Å². The van der Waals surface area contributed by atoms with Crippen molar-refractivity contribution in [1.29, 1.82) is 0 Å². The number of hydrogen-bond donors (Lipinski definition) is 1. The van der Waals surface area contributed by atoms with Crippen LogP contribution >= 0.6 is 0 Å². The molecule has 8 heteroatoms. The smallest absolute Gasteiger partial charge is 0.439 e. The van der Waals surface area contributed by atoms with Crippen LogP contribution in [-0.2, 0) is 4.74 Å². The Morgan fingerprint density at radius 1 is 1.55 bits per heavy atom. The molecule has 116 valence electrons. The van der Waals surface area contributed by atoms with E-state index in [1.54, 1.807) is 0 Å². The van der Waals surface area contributed by atoms with Gasteiger partial charge in [0.15, 0.2) is 0 Å². The number of carbonyl (C=O) groups is 1. The number of aliphatic hydroxyl groups is 1. The molecule has 0 aromatic carbocycles. The van der Waals surface area contributed by atoms with Crippen molar-refractivity contribution in [2.24, 2.45) is 11.0 Å². The lowest BCUT2D eigenvalue weighted by Gasteiger charge is -2.31. The van der Waals surface area contributed by atoms with Gasteiger partial charge in [-0.25, -0.2) is 4.79 Å². The van der Waals surface area contributed by atoms with Crippen LogP contribution in [0.25, 0.3) is 0 Å².